The molecule has 0 aliphatic heterocycles. The fraction of sp³-hybridized carbons (Fsp3) is 0.312. The zero-order valence-corrected chi connectivity index (χ0v) is 21.6. The van der Waals surface area contributed by atoms with Crippen LogP contribution in [0.1, 0.15) is 68.6 Å². The van der Waals surface area contributed by atoms with Crippen molar-refractivity contribution in [3.63, 3.8) is 0 Å². The van der Waals surface area contributed by atoms with E-state index in [2.05, 4.69) is 6.58 Å². The van der Waals surface area contributed by atoms with Crippen molar-refractivity contribution in [1.29, 1.82) is 0 Å². The fourth-order valence-corrected chi connectivity index (χ4v) is 3.90. The molecule has 3 aromatic rings. The van der Waals surface area contributed by atoms with E-state index in [9.17, 15) is 9.59 Å². The third-order valence-electron chi connectivity index (χ3n) is 5.92. The number of esters is 2. The summed E-state index contributed by atoms with van der Waals surface area (Å²) in [5, 5.41) is 0. The van der Waals surface area contributed by atoms with Gasteiger partial charge in [0.15, 0.2) is 0 Å². The topological polar surface area (TPSA) is 61.8 Å². The lowest BCUT2D eigenvalue weighted by molar-refractivity contribution is -0.134. The SMILES string of the molecule is C=CCCCCCCCCC(=O)Oc1ccc(-c2ccc(OC(=O)c3ccc(OCC)cc3)cc2)cc1. The maximum Gasteiger partial charge on any atom is 0.343 e. The minimum absolute atomic E-state index is 0.196. The molecule has 0 saturated carbocycles. The highest BCUT2D eigenvalue weighted by atomic mass is 16.5. The van der Waals surface area contributed by atoms with E-state index in [-0.39, 0.29) is 5.97 Å². The zero-order valence-electron chi connectivity index (χ0n) is 21.6. The minimum atomic E-state index is -0.425. The summed E-state index contributed by atoms with van der Waals surface area (Å²) in [6.07, 6.45) is 10.2. The molecule has 0 saturated heterocycles. The molecule has 5 heteroatoms. The van der Waals surface area contributed by atoms with Crippen molar-refractivity contribution in [2.75, 3.05) is 6.61 Å². The van der Waals surface area contributed by atoms with E-state index < -0.39 is 5.97 Å². The van der Waals surface area contributed by atoms with E-state index in [1.807, 2.05) is 37.3 Å². The number of hydrogen-bond donors (Lipinski definition) is 0. The van der Waals surface area contributed by atoms with Gasteiger partial charge in [-0.15, -0.1) is 6.58 Å². The average Bonchev–Trinajstić information content (AvgIpc) is 2.92. The average molecular weight is 501 g/mol. The summed E-state index contributed by atoms with van der Waals surface area (Å²) < 4.78 is 16.4. The molecule has 0 radical (unpaired) electrons. The number of allylic oxidation sites excluding steroid dienone is 1. The highest BCUT2D eigenvalue weighted by Crippen LogP contribution is 2.25. The van der Waals surface area contributed by atoms with Gasteiger partial charge in [-0.1, -0.05) is 56.0 Å². The maximum absolute atomic E-state index is 12.4. The molecule has 3 aromatic carbocycles. The summed E-state index contributed by atoms with van der Waals surface area (Å²) in [6, 6.07) is 21.6. The Labute approximate surface area is 220 Å². The molecule has 0 amide bonds. The van der Waals surface area contributed by atoms with E-state index in [0.717, 1.165) is 36.8 Å². The van der Waals surface area contributed by atoms with Gasteiger partial charge in [-0.25, -0.2) is 4.79 Å². The highest BCUT2D eigenvalue weighted by molar-refractivity contribution is 5.91. The molecule has 194 valence electrons. The lowest BCUT2D eigenvalue weighted by Crippen LogP contribution is -2.08. The van der Waals surface area contributed by atoms with Crippen LogP contribution in [0.3, 0.4) is 0 Å². The van der Waals surface area contributed by atoms with Crippen LogP contribution in [-0.4, -0.2) is 18.5 Å². The van der Waals surface area contributed by atoms with Crippen molar-refractivity contribution < 1.29 is 23.8 Å². The molecule has 0 aliphatic rings. The van der Waals surface area contributed by atoms with E-state index >= 15 is 0 Å². The Kier molecular flexibility index (Phi) is 11.5. The molecule has 0 aliphatic carbocycles. The summed E-state index contributed by atoms with van der Waals surface area (Å²) in [4.78, 5) is 24.5. The van der Waals surface area contributed by atoms with Gasteiger partial charge in [-0.05, 0) is 85.8 Å². The van der Waals surface area contributed by atoms with Crippen molar-refractivity contribution in [3.8, 4) is 28.4 Å². The minimum Gasteiger partial charge on any atom is -0.494 e. The summed E-state index contributed by atoms with van der Waals surface area (Å²) >= 11 is 0. The Morgan fingerprint density at radius 2 is 1.19 bits per heavy atom. The number of rotatable bonds is 15. The molecule has 0 unspecified atom stereocenters. The predicted octanol–water partition coefficient (Wildman–Crippen LogP) is 8.18. The molecule has 0 aromatic heterocycles. The second-order valence-electron chi connectivity index (χ2n) is 8.82. The summed E-state index contributed by atoms with van der Waals surface area (Å²) in [5.41, 5.74) is 2.39. The van der Waals surface area contributed by atoms with Gasteiger partial charge in [-0.2, -0.15) is 0 Å². The van der Waals surface area contributed by atoms with Crippen molar-refractivity contribution >= 4 is 11.9 Å². The summed E-state index contributed by atoms with van der Waals surface area (Å²) in [6.45, 7) is 6.22. The molecule has 37 heavy (non-hydrogen) atoms. The van der Waals surface area contributed by atoms with Crippen molar-refractivity contribution in [2.45, 2.75) is 58.3 Å². The van der Waals surface area contributed by atoms with Gasteiger partial charge in [0.2, 0.25) is 0 Å². The lowest BCUT2D eigenvalue weighted by atomic mass is 10.1. The molecule has 0 atom stereocenters. The predicted molar refractivity (Wildman–Crippen MR) is 147 cm³/mol. The van der Waals surface area contributed by atoms with E-state index in [4.69, 9.17) is 14.2 Å². The van der Waals surface area contributed by atoms with Crippen LogP contribution in [0.25, 0.3) is 11.1 Å². The Morgan fingerprint density at radius 1 is 0.676 bits per heavy atom. The first kappa shape index (κ1) is 27.7. The van der Waals surface area contributed by atoms with Crippen LogP contribution in [0, 0.1) is 0 Å². The van der Waals surface area contributed by atoms with Crippen LogP contribution in [0.5, 0.6) is 17.2 Å². The van der Waals surface area contributed by atoms with E-state index in [1.165, 1.54) is 19.3 Å². The Hall–Kier alpha value is -3.86. The molecule has 0 N–H and O–H groups in total. The van der Waals surface area contributed by atoms with Crippen LogP contribution in [0.2, 0.25) is 0 Å². The van der Waals surface area contributed by atoms with Gasteiger partial charge in [0, 0.05) is 6.42 Å². The van der Waals surface area contributed by atoms with Gasteiger partial charge in [0.05, 0.1) is 12.2 Å². The maximum atomic E-state index is 12.4. The quantitative estimate of drug-likeness (QED) is 0.0911. The molecular weight excluding hydrogens is 464 g/mol. The van der Waals surface area contributed by atoms with Crippen LogP contribution in [-0.2, 0) is 4.79 Å². The van der Waals surface area contributed by atoms with Crippen LogP contribution < -0.4 is 14.2 Å². The summed E-state index contributed by atoms with van der Waals surface area (Å²) in [7, 11) is 0. The molecule has 3 rings (SSSR count). The summed E-state index contributed by atoms with van der Waals surface area (Å²) in [5.74, 6) is 1.10. The van der Waals surface area contributed by atoms with Gasteiger partial charge in [0.1, 0.15) is 17.2 Å². The van der Waals surface area contributed by atoms with Gasteiger partial charge in [0.25, 0.3) is 0 Å². The number of hydrogen-bond acceptors (Lipinski definition) is 5. The smallest absolute Gasteiger partial charge is 0.343 e. The van der Waals surface area contributed by atoms with Crippen molar-refractivity contribution in [1.82, 2.24) is 0 Å². The first-order valence-electron chi connectivity index (χ1n) is 13.1. The molecular formula is C32H36O5. The molecule has 0 bridgehead atoms. The number of carbonyl (C=O) groups is 2. The zero-order chi connectivity index (χ0) is 26.3. The Balaban J connectivity index is 1.43. The normalized spacial score (nSPS) is 10.5. The Bertz CT molecular complexity index is 1120. The third kappa shape index (κ3) is 9.60. The fourth-order valence-electron chi connectivity index (χ4n) is 3.90. The second kappa shape index (κ2) is 15.3. The van der Waals surface area contributed by atoms with Crippen molar-refractivity contribution in [2.24, 2.45) is 0 Å². The standard InChI is InChI=1S/C32H36O5/c1-3-5-6-7-8-9-10-11-12-31(33)36-29-21-13-25(14-22-29)26-15-23-30(24-16-26)37-32(34)27-17-19-28(20-18-27)35-4-2/h3,13-24H,1,4-12H2,2H3. The first-order valence-corrected chi connectivity index (χ1v) is 13.1. The third-order valence-corrected chi connectivity index (χ3v) is 5.92. The number of carbonyl (C=O) groups excluding carboxylic acids is 2. The van der Waals surface area contributed by atoms with Gasteiger partial charge in [-0.3, -0.25) is 4.79 Å². The van der Waals surface area contributed by atoms with Gasteiger partial charge >= 0.3 is 11.9 Å². The van der Waals surface area contributed by atoms with E-state index in [1.54, 1.807) is 48.5 Å². The lowest BCUT2D eigenvalue weighted by Gasteiger charge is -2.08. The molecule has 5 nitrogen and oxygen atoms in total. The number of benzene rings is 3. The van der Waals surface area contributed by atoms with Crippen molar-refractivity contribution in [3.05, 3.63) is 91.0 Å². The Morgan fingerprint density at radius 3 is 1.76 bits per heavy atom. The van der Waals surface area contributed by atoms with Crippen LogP contribution >= 0.6 is 0 Å². The van der Waals surface area contributed by atoms with Crippen LogP contribution in [0.4, 0.5) is 0 Å². The molecule has 0 fully saturated rings. The first-order chi connectivity index (χ1) is 18.1. The monoisotopic (exact) mass is 500 g/mol. The van der Waals surface area contributed by atoms with Gasteiger partial charge < -0.3 is 14.2 Å². The second-order valence-corrected chi connectivity index (χ2v) is 8.82. The largest absolute Gasteiger partial charge is 0.494 e. The highest BCUT2D eigenvalue weighted by Gasteiger charge is 2.10. The molecule has 0 spiro atoms. The number of ether oxygens (including phenoxy) is 3. The number of unbranched alkanes of at least 4 members (excludes halogenated alkanes) is 6. The molecule has 0 heterocycles. The van der Waals surface area contributed by atoms with E-state index in [0.29, 0.717) is 35.8 Å². The van der Waals surface area contributed by atoms with Crippen LogP contribution in [0.15, 0.2) is 85.5 Å².